The molecule has 0 radical (unpaired) electrons. The summed E-state index contributed by atoms with van der Waals surface area (Å²) in [7, 11) is 1.98. The Kier molecular flexibility index (Phi) is 6.74. The second-order valence-electron chi connectivity index (χ2n) is 7.55. The van der Waals surface area contributed by atoms with Crippen molar-refractivity contribution in [3.63, 3.8) is 0 Å². The van der Waals surface area contributed by atoms with Gasteiger partial charge in [-0.25, -0.2) is 9.97 Å². The molecule has 7 heteroatoms. The molecule has 0 bridgehead atoms. The van der Waals surface area contributed by atoms with Gasteiger partial charge < -0.3 is 15.1 Å². The van der Waals surface area contributed by atoms with E-state index in [0.717, 1.165) is 50.0 Å². The number of benzene rings is 2. The predicted molar refractivity (Wildman–Crippen MR) is 124 cm³/mol. The van der Waals surface area contributed by atoms with Crippen LogP contribution in [0.25, 0.3) is 0 Å². The lowest BCUT2D eigenvalue weighted by Crippen LogP contribution is -2.49. The number of hydrogen-bond donors (Lipinski definition) is 1. The van der Waals surface area contributed by atoms with E-state index in [1.807, 2.05) is 72.6 Å². The van der Waals surface area contributed by atoms with E-state index in [-0.39, 0.29) is 5.91 Å². The van der Waals surface area contributed by atoms with Crippen LogP contribution in [0.15, 0.2) is 73.1 Å². The minimum atomic E-state index is -0.0466. The number of nitrogens with one attached hydrogen (secondary N) is 1. The number of hydrogen-bond acceptors (Lipinski definition) is 6. The fourth-order valence-electron chi connectivity index (χ4n) is 3.80. The molecule has 2 heterocycles. The lowest BCUT2D eigenvalue weighted by atomic mass is 10.1. The van der Waals surface area contributed by atoms with Crippen molar-refractivity contribution >= 4 is 23.2 Å². The second-order valence-corrected chi connectivity index (χ2v) is 7.55. The number of para-hydroxylation sites is 2. The molecule has 0 unspecified atom stereocenters. The largest absolute Gasteiger partial charge is 0.351 e. The Hall–Kier alpha value is -3.45. The van der Waals surface area contributed by atoms with E-state index in [9.17, 15) is 4.79 Å². The van der Waals surface area contributed by atoms with Gasteiger partial charge in [-0.3, -0.25) is 9.69 Å². The summed E-state index contributed by atoms with van der Waals surface area (Å²) in [6.45, 7) is 5.09. The van der Waals surface area contributed by atoms with Gasteiger partial charge in [-0.05, 0) is 30.3 Å². The number of nitrogens with zero attached hydrogens (tertiary/aromatic N) is 5. The molecular weight excluding hydrogens is 388 g/mol. The van der Waals surface area contributed by atoms with Crippen LogP contribution in [0.5, 0.6) is 0 Å². The molecule has 31 heavy (non-hydrogen) atoms. The zero-order chi connectivity index (χ0) is 21.5. The molecule has 1 fully saturated rings. The Morgan fingerprint density at radius 2 is 1.61 bits per heavy atom. The summed E-state index contributed by atoms with van der Waals surface area (Å²) in [6, 6.07) is 19.6. The summed E-state index contributed by atoms with van der Waals surface area (Å²) in [6.07, 6.45) is 3.55. The van der Waals surface area contributed by atoms with Crippen LogP contribution in [0.1, 0.15) is 10.4 Å². The first-order chi connectivity index (χ1) is 15.2. The van der Waals surface area contributed by atoms with Crippen LogP contribution in [0.3, 0.4) is 0 Å². The lowest BCUT2D eigenvalue weighted by molar-refractivity contribution is 0.0948. The van der Waals surface area contributed by atoms with Crippen molar-refractivity contribution in [1.82, 2.24) is 20.2 Å². The molecule has 2 aromatic carbocycles. The van der Waals surface area contributed by atoms with Crippen LogP contribution in [-0.2, 0) is 0 Å². The number of aromatic nitrogens is 2. The Morgan fingerprint density at radius 3 is 2.35 bits per heavy atom. The smallest absolute Gasteiger partial charge is 0.253 e. The van der Waals surface area contributed by atoms with Crippen LogP contribution in [0.2, 0.25) is 0 Å². The van der Waals surface area contributed by atoms with Gasteiger partial charge in [0.1, 0.15) is 0 Å². The highest BCUT2D eigenvalue weighted by Crippen LogP contribution is 2.26. The summed E-state index contributed by atoms with van der Waals surface area (Å²) in [5, 5.41) is 3.09. The molecule has 1 aliphatic heterocycles. The topological polar surface area (TPSA) is 64.6 Å². The Morgan fingerprint density at radius 1 is 0.935 bits per heavy atom. The van der Waals surface area contributed by atoms with Gasteiger partial charge in [0.25, 0.3) is 5.91 Å². The van der Waals surface area contributed by atoms with Crippen LogP contribution >= 0.6 is 0 Å². The maximum absolute atomic E-state index is 12.9. The lowest BCUT2D eigenvalue weighted by Gasteiger charge is -2.34. The van der Waals surface area contributed by atoms with Crippen molar-refractivity contribution in [2.75, 3.05) is 56.1 Å². The number of anilines is 3. The van der Waals surface area contributed by atoms with Gasteiger partial charge in [-0.15, -0.1) is 0 Å². The molecule has 4 rings (SSSR count). The monoisotopic (exact) mass is 416 g/mol. The van der Waals surface area contributed by atoms with Crippen molar-refractivity contribution in [1.29, 1.82) is 0 Å². The van der Waals surface area contributed by atoms with Gasteiger partial charge in [0, 0.05) is 64.4 Å². The van der Waals surface area contributed by atoms with Crippen LogP contribution in [-0.4, -0.2) is 67.1 Å². The zero-order valence-corrected chi connectivity index (χ0v) is 17.8. The highest BCUT2D eigenvalue weighted by Gasteiger charge is 2.19. The third-order valence-electron chi connectivity index (χ3n) is 5.57. The van der Waals surface area contributed by atoms with E-state index in [1.165, 1.54) is 0 Å². The maximum Gasteiger partial charge on any atom is 0.253 e. The molecule has 1 amide bonds. The van der Waals surface area contributed by atoms with Gasteiger partial charge >= 0.3 is 0 Å². The fourth-order valence-corrected chi connectivity index (χ4v) is 3.80. The summed E-state index contributed by atoms with van der Waals surface area (Å²) in [5.74, 6) is 0.740. The van der Waals surface area contributed by atoms with Crippen molar-refractivity contribution in [2.45, 2.75) is 0 Å². The number of piperazine rings is 1. The SMILES string of the molecule is CN(c1ccccc1)c1ccccc1C(=O)NCCN1CCN(c2ncccn2)CC1. The quantitative estimate of drug-likeness (QED) is 0.639. The van der Waals surface area contributed by atoms with Crippen LogP contribution in [0.4, 0.5) is 17.3 Å². The first-order valence-corrected chi connectivity index (χ1v) is 10.6. The molecule has 1 N–H and O–H groups in total. The fraction of sp³-hybridized carbons (Fsp3) is 0.292. The van der Waals surface area contributed by atoms with E-state index in [1.54, 1.807) is 12.4 Å². The van der Waals surface area contributed by atoms with Crippen molar-refractivity contribution in [2.24, 2.45) is 0 Å². The normalized spacial score (nSPS) is 14.3. The number of amides is 1. The molecule has 160 valence electrons. The summed E-state index contributed by atoms with van der Waals surface area (Å²) in [5.41, 5.74) is 2.62. The van der Waals surface area contributed by atoms with E-state index in [2.05, 4.69) is 25.1 Å². The van der Waals surface area contributed by atoms with E-state index < -0.39 is 0 Å². The molecule has 1 saturated heterocycles. The van der Waals surface area contributed by atoms with Crippen LogP contribution in [0, 0.1) is 0 Å². The standard InChI is InChI=1S/C24H28N6O/c1-28(20-8-3-2-4-9-20)22-11-6-5-10-21(22)23(31)25-14-15-29-16-18-30(19-17-29)24-26-12-7-13-27-24/h2-13H,14-19H2,1H3,(H,25,31). The first-order valence-electron chi connectivity index (χ1n) is 10.6. The molecule has 3 aromatic rings. The minimum absolute atomic E-state index is 0.0466. The van der Waals surface area contributed by atoms with Gasteiger partial charge in [-0.2, -0.15) is 0 Å². The van der Waals surface area contributed by atoms with Gasteiger partial charge in [-0.1, -0.05) is 30.3 Å². The third-order valence-corrected chi connectivity index (χ3v) is 5.57. The van der Waals surface area contributed by atoms with E-state index >= 15 is 0 Å². The van der Waals surface area contributed by atoms with Gasteiger partial charge in [0.15, 0.2) is 0 Å². The highest BCUT2D eigenvalue weighted by molar-refractivity contribution is 6.00. The second kappa shape index (κ2) is 10.0. The molecule has 7 nitrogen and oxygen atoms in total. The average Bonchev–Trinajstić information content (AvgIpc) is 2.85. The van der Waals surface area contributed by atoms with Gasteiger partial charge in [0.2, 0.25) is 5.95 Å². The summed E-state index contributed by atoms with van der Waals surface area (Å²) in [4.78, 5) is 28.2. The van der Waals surface area contributed by atoms with Crippen molar-refractivity contribution < 1.29 is 4.79 Å². The maximum atomic E-state index is 12.9. The van der Waals surface area contributed by atoms with Crippen molar-refractivity contribution in [3.8, 4) is 0 Å². The van der Waals surface area contributed by atoms with Crippen LogP contribution < -0.4 is 15.1 Å². The average molecular weight is 417 g/mol. The number of carbonyl (C=O) groups is 1. The molecule has 0 atom stereocenters. The Balaban J connectivity index is 1.29. The van der Waals surface area contributed by atoms with Crippen molar-refractivity contribution in [3.05, 3.63) is 78.6 Å². The van der Waals surface area contributed by atoms with E-state index in [4.69, 9.17) is 0 Å². The predicted octanol–water partition coefficient (Wildman–Crippen LogP) is 2.80. The third kappa shape index (κ3) is 5.19. The molecule has 1 aliphatic rings. The molecule has 1 aromatic heterocycles. The molecular formula is C24H28N6O. The summed E-state index contributed by atoms with van der Waals surface area (Å²) < 4.78 is 0. The highest BCUT2D eigenvalue weighted by atomic mass is 16.1. The first kappa shape index (κ1) is 20.8. The number of rotatable bonds is 7. The molecule has 0 spiro atoms. The Labute approximate surface area is 183 Å². The molecule has 0 saturated carbocycles. The summed E-state index contributed by atoms with van der Waals surface area (Å²) >= 11 is 0. The molecule has 0 aliphatic carbocycles. The van der Waals surface area contributed by atoms with Gasteiger partial charge in [0.05, 0.1) is 11.3 Å². The van der Waals surface area contributed by atoms with E-state index in [0.29, 0.717) is 12.1 Å². The number of carbonyl (C=O) groups excluding carboxylic acids is 1. The minimum Gasteiger partial charge on any atom is -0.351 e. The Bertz CT molecular complexity index is 974. The zero-order valence-electron chi connectivity index (χ0n) is 17.8.